The van der Waals surface area contributed by atoms with E-state index in [0.717, 1.165) is 23.2 Å². The van der Waals surface area contributed by atoms with Gasteiger partial charge < -0.3 is 15.4 Å². The SMILES string of the molecule is CC(=O)C(F)(F)F.NC(CC(=O)N1c2ccccc2CC1COCc1ccccc1)Cc1ccccc1F. The van der Waals surface area contributed by atoms with Crippen LogP contribution >= 0.6 is 0 Å². The summed E-state index contributed by atoms with van der Waals surface area (Å²) in [5, 5.41) is 0. The zero-order valence-corrected chi connectivity index (χ0v) is 21.0. The number of alkyl halides is 3. The van der Waals surface area contributed by atoms with Crippen molar-refractivity contribution in [1.82, 2.24) is 0 Å². The van der Waals surface area contributed by atoms with Crippen molar-refractivity contribution in [3.05, 3.63) is 101 Å². The van der Waals surface area contributed by atoms with Gasteiger partial charge in [0, 0.05) is 25.1 Å². The van der Waals surface area contributed by atoms with Crippen molar-refractivity contribution in [2.75, 3.05) is 11.5 Å². The van der Waals surface area contributed by atoms with Crippen LogP contribution in [0.15, 0.2) is 78.9 Å². The standard InChI is InChI=1S/C26H27FN2O2.C3H3F3O/c27-24-12-6-4-10-20(24)14-22(28)16-26(30)29-23(15-21-11-5-7-13-25(21)29)18-31-17-19-8-2-1-3-9-19;1-2(7)3(4,5)6/h1-13,22-23H,14-18,28H2;1H3. The van der Waals surface area contributed by atoms with Crippen LogP contribution in [0.25, 0.3) is 0 Å². The molecule has 4 rings (SSSR count). The molecule has 2 atom stereocenters. The number of fused-ring (bicyclic) bond motifs is 1. The van der Waals surface area contributed by atoms with Gasteiger partial charge in [-0.15, -0.1) is 0 Å². The lowest BCUT2D eigenvalue weighted by Crippen LogP contribution is -2.43. The number of ketones is 1. The molecule has 1 aliphatic heterocycles. The van der Waals surface area contributed by atoms with Crippen molar-refractivity contribution in [3.8, 4) is 0 Å². The minimum atomic E-state index is -4.64. The Hall–Kier alpha value is -3.56. The Labute approximate surface area is 219 Å². The highest BCUT2D eigenvalue weighted by molar-refractivity contribution is 5.96. The lowest BCUT2D eigenvalue weighted by atomic mass is 10.0. The van der Waals surface area contributed by atoms with Crippen LogP contribution in [0.2, 0.25) is 0 Å². The number of anilines is 1. The second-order valence-electron chi connectivity index (χ2n) is 9.06. The molecule has 9 heteroatoms. The van der Waals surface area contributed by atoms with Crippen LogP contribution in [0.5, 0.6) is 0 Å². The largest absolute Gasteiger partial charge is 0.449 e. The van der Waals surface area contributed by atoms with Gasteiger partial charge in [0.25, 0.3) is 0 Å². The van der Waals surface area contributed by atoms with E-state index < -0.39 is 18.0 Å². The second-order valence-corrected chi connectivity index (χ2v) is 9.06. The molecule has 5 nitrogen and oxygen atoms in total. The lowest BCUT2D eigenvalue weighted by Gasteiger charge is -2.27. The maximum Gasteiger partial charge on any atom is 0.449 e. The van der Waals surface area contributed by atoms with Gasteiger partial charge in [0.1, 0.15) is 5.82 Å². The first-order valence-corrected chi connectivity index (χ1v) is 12.1. The van der Waals surface area contributed by atoms with Crippen LogP contribution in [0, 0.1) is 5.82 Å². The molecule has 0 saturated carbocycles. The number of benzene rings is 3. The molecule has 0 spiro atoms. The summed E-state index contributed by atoms with van der Waals surface area (Å²) in [6.07, 6.45) is -3.42. The van der Waals surface area contributed by atoms with Crippen LogP contribution < -0.4 is 10.6 Å². The Morgan fingerprint density at radius 1 is 1.00 bits per heavy atom. The van der Waals surface area contributed by atoms with Gasteiger partial charge in [0.2, 0.25) is 11.7 Å². The summed E-state index contributed by atoms with van der Waals surface area (Å²) in [6.45, 7) is 1.43. The number of ether oxygens (including phenoxy) is 1. The third kappa shape index (κ3) is 8.22. The summed E-state index contributed by atoms with van der Waals surface area (Å²) < 4.78 is 52.4. The maximum absolute atomic E-state index is 14.0. The molecule has 0 fully saturated rings. The minimum Gasteiger partial charge on any atom is -0.375 e. The molecule has 0 aromatic heterocycles. The number of amides is 1. The number of hydrogen-bond donors (Lipinski definition) is 1. The monoisotopic (exact) mass is 530 g/mol. The Morgan fingerprint density at radius 2 is 1.61 bits per heavy atom. The normalized spacial score (nSPS) is 15.3. The number of nitrogens with two attached hydrogens (primary N) is 1. The molecule has 1 heterocycles. The van der Waals surface area contributed by atoms with E-state index in [1.54, 1.807) is 18.2 Å². The van der Waals surface area contributed by atoms with E-state index in [-0.39, 0.29) is 24.2 Å². The Kier molecular flexibility index (Phi) is 10.2. The van der Waals surface area contributed by atoms with E-state index in [4.69, 9.17) is 10.5 Å². The average Bonchev–Trinajstić information content (AvgIpc) is 3.24. The van der Waals surface area contributed by atoms with Crippen molar-refractivity contribution in [2.45, 2.75) is 51.1 Å². The van der Waals surface area contributed by atoms with Gasteiger partial charge in [-0.05, 0) is 41.7 Å². The van der Waals surface area contributed by atoms with Crippen LogP contribution in [-0.2, 0) is 33.8 Å². The minimum absolute atomic E-state index is 0.0536. The summed E-state index contributed by atoms with van der Waals surface area (Å²) in [7, 11) is 0. The fourth-order valence-electron chi connectivity index (χ4n) is 4.16. The maximum atomic E-state index is 14.0. The molecule has 202 valence electrons. The van der Waals surface area contributed by atoms with E-state index in [0.29, 0.717) is 32.1 Å². The Balaban J connectivity index is 0.000000505. The highest BCUT2D eigenvalue weighted by atomic mass is 19.4. The molecular weight excluding hydrogens is 500 g/mol. The Morgan fingerprint density at radius 3 is 2.26 bits per heavy atom. The molecule has 2 unspecified atom stereocenters. The van der Waals surface area contributed by atoms with Gasteiger partial charge in [-0.2, -0.15) is 13.2 Å². The van der Waals surface area contributed by atoms with E-state index in [9.17, 15) is 27.2 Å². The molecule has 0 bridgehead atoms. The van der Waals surface area contributed by atoms with Crippen LogP contribution in [0.4, 0.5) is 23.2 Å². The predicted molar refractivity (Wildman–Crippen MR) is 137 cm³/mol. The number of halogens is 4. The second kappa shape index (κ2) is 13.3. The van der Waals surface area contributed by atoms with Crippen molar-refractivity contribution >= 4 is 17.4 Å². The van der Waals surface area contributed by atoms with Crippen molar-refractivity contribution in [1.29, 1.82) is 0 Å². The quantitative estimate of drug-likeness (QED) is 0.396. The van der Waals surface area contributed by atoms with Gasteiger partial charge in [-0.1, -0.05) is 66.7 Å². The average molecular weight is 531 g/mol. The fraction of sp³-hybridized carbons (Fsp3) is 0.310. The number of hydrogen-bond acceptors (Lipinski definition) is 4. The molecule has 1 aliphatic rings. The zero-order valence-electron chi connectivity index (χ0n) is 21.0. The van der Waals surface area contributed by atoms with Gasteiger partial charge in [0.05, 0.1) is 19.3 Å². The van der Waals surface area contributed by atoms with Crippen LogP contribution in [-0.4, -0.2) is 36.6 Å². The molecule has 3 aromatic carbocycles. The summed E-state index contributed by atoms with van der Waals surface area (Å²) in [6, 6.07) is 23.9. The molecular formula is C29H30F4N2O3. The number of carbonyl (C=O) groups is 2. The molecule has 38 heavy (non-hydrogen) atoms. The van der Waals surface area contributed by atoms with E-state index in [1.807, 2.05) is 59.5 Å². The predicted octanol–water partition coefficient (Wildman–Crippen LogP) is 5.40. The highest BCUT2D eigenvalue weighted by Crippen LogP contribution is 2.33. The van der Waals surface area contributed by atoms with Crippen molar-refractivity contribution in [2.24, 2.45) is 5.73 Å². The Bertz CT molecular complexity index is 1220. The molecule has 0 aliphatic carbocycles. The first kappa shape index (κ1) is 29.0. The van der Waals surface area contributed by atoms with Gasteiger partial charge in [-0.3, -0.25) is 9.59 Å². The molecule has 0 radical (unpaired) electrons. The number of para-hydroxylation sites is 1. The number of Topliss-reactive ketones (excluding diaryl/α,β-unsaturated/α-hetero) is 1. The highest BCUT2D eigenvalue weighted by Gasteiger charge is 2.34. The van der Waals surface area contributed by atoms with Crippen molar-refractivity contribution < 1.29 is 31.9 Å². The number of rotatable bonds is 8. The zero-order chi connectivity index (χ0) is 27.7. The van der Waals surface area contributed by atoms with Gasteiger partial charge >= 0.3 is 6.18 Å². The summed E-state index contributed by atoms with van der Waals surface area (Å²) in [5.41, 5.74) is 9.92. The van der Waals surface area contributed by atoms with E-state index in [1.165, 1.54) is 6.07 Å². The van der Waals surface area contributed by atoms with Gasteiger partial charge in [-0.25, -0.2) is 4.39 Å². The first-order valence-electron chi connectivity index (χ1n) is 12.1. The first-order chi connectivity index (χ1) is 18.1. The number of nitrogens with zero attached hydrogens (tertiary/aromatic N) is 1. The third-order valence-electron chi connectivity index (χ3n) is 6.04. The summed E-state index contributed by atoms with van der Waals surface area (Å²) >= 11 is 0. The van der Waals surface area contributed by atoms with E-state index in [2.05, 4.69) is 0 Å². The van der Waals surface area contributed by atoms with Crippen molar-refractivity contribution in [3.63, 3.8) is 0 Å². The smallest absolute Gasteiger partial charge is 0.375 e. The third-order valence-corrected chi connectivity index (χ3v) is 6.04. The molecule has 2 N–H and O–H groups in total. The fourth-order valence-corrected chi connectivity index (χ4v) is 4.16. The van der Waals surface area contributed by atoms with Crippen LogP contribution in [0.3, 0.4) is 0 Å². The summed E-state index contributed by atoms with van der Waals surface area (Å²) in [5.74, 6) is -2.10. The topological polar surface area (TPSA) is 72.6 Å². The van der Waals surface area contributed by atoms with Crippen LogP contribution in [0.1, 0.15) is 30.0 Å². The number of carbonyl (C=O) groups excluding carboxylic acids is 2. The molecule has 3 aromatic rings. The van der Waals surface area contributed by atoms with Gasteiger partial charge in [0.15, 0.2) is 0 Å². The molecule has 1 amide bonds. The lowest BCUT2D eigenvalue weighted by molar-refractivity contribution is -0.168. The molecule has 0 saturated heterocycles. The summed E-state index contributed by atoms with van der Waals surface area (Å²) in [4.78, 5) is 24.4. The van der Waals surface area contributed by atoms with E-state index >= 15 is 0 Å².